The van der Waals surface area contributed by atoms with E-state index in [0.717, 1.165) is 4.90 Å². The maximum absolute atomic E-state index is 12.8. The van der Waals surface area contributed by atoms with E-state index in [1.165, 1.54) is 24.3 Å². The summed E-state index contributed by atoms with van der Waals surface area (Å²) in [6.07, 6.45) is -3.40. The van der Waals surface area contributed by atoms with Gasteiger partial charge >= 0.3 is 5.97 Å². The highest BCUT2D eigenvalue weighted by atomic mass is 16.7. The van der Waals surface area contributed by atoms with Gasteiger partial charge in [-0.15, -0.1) is 0 Å². The Morgan fingerprint density at radius 2 is 1.63 bits per heavy atom. The number of hydrogen-bond acceptors (Lipinski definition) is 12. The Hall–Kier alpha value is -3.89. The van der Waals surface area contributed by atoms with Crippen molar-refractivity contribution in [1.82, 2.24) is 10.2 Å². The summed E-state index contributed by atoms with van der Waals surface area (Å²) in [7, 11) is 0. The van der Waals surface area contributed by atoms with E-state index < -0.39 is 54.6 Å². The molecule has 15 heteroatoms. The molecule has 0 spiro atoms. The van der Waals surface area contributed by atoms with E-state index in [1.54, 1.807) is 26.8 Å². The molecule has 3 rings (SSSR count). The lowest BCUT2D eigenvalue weighted by Crippen LogP contribution is -2.60. The maximum Gasteiger partial charge on any atom is 0.311 e. The quantitative estimate of drug-likeness (QED) is 0.0832. The number of anilines is 1. The van der Waals surface area contributed by atoms with Crippen molar-refractivity contribution < 1.29 is 58.6 Å². The highest BCUT2D eigenvalue weighted by Gasteiger charge is 2.45. The van der Waals surface area contributed by atoms with Crippen LogP contribution < -0.4 is 15.4 Å². The van der Waals surface area contributed by atoms with Crippen LogP contribution in [0.4, 0.5) is 5.69 Å². The van der Waals surface area contributed by atoms with Crippen molar-refractivity contribution in [2.24, 2.45) is 5.41 Å². The van der Waals surface area contributed by atoms with Crippen LogP contribution in [0, 0.1) is 5.41 Å². The van der Waals surface area contributed by atoms with Gasteiger partial charge in [0.05, 0.1) is 17.7 Å². The first-order valence-electron chi connectivity index (χ1n) is 15.1. The molecule has 5 atom stereocenters. The van der Waals surface area contributed by atoms with Crippen LogP contribution in [-0.4, -0.2) is 105 Å². The molecule has 15 nitrogen and oxygen atoms in total. The molecule has 2 aliphatic heterocycles. The number of ether oxygens (including phenoxy) is 3. The summed E-state index contributed by atoms with van der Waals surface area (Å²) in [5, 5.41) is 45.4. The fourth-order valence-corrected chi connectivity index (χ4v) is 4.52. The van der Waals surface area contributed by atoms with Gasteiger partial charge in [0.1, 0.15) is 36.8 Å². The lowest BCUT2D eigenvalue weighted by atomic mass is 9.97. The second-order valence-corrected chi connectivity index (χ2v) is 12.1. The number of rotatable bonds is 15. The summed E-state index contributed by atoms with van der Waals surface area (Å²) < 4.78 is 16.5. The number of carbonyl (C=O) groups excluding carboxylic acids is 5. The van der Waals surface area contributed by atoms with E-state index in [1.807, 2.05) is 0 Å². The molecule has 1 aromatic carbocycles. The molecule has 0 saturated carbocycles. The number of benzene rings is 1. The zero-order valence-corrected chi connectivity index (χ0v) is 26.1. The third-order valence-corrected chi connectivity index (χ3v) is 7.25. The van der Waals surface area contributed by atoms with Gasteiger partial charge in [-0.1, -0.05) is 12.5 Å². The lowest BCUT2D eigenvalue weighted by molar-refractivity contribution is -0.277. The molecule has 0 unspecified atom stereocenters. The van der Waals surface area contributed by atoms with Gasteiger partial charge in [-0.2, -0.15) is 0 Å². The minimum Gasteiger partial charge on any atom is -0.460 e. The number of nitrogens with one attached hydrogen (secondary N) is 2. The largest absolute Gasteiger partial charge is 0.460 e. The molecule has 1 fully saturated rings. The molecular formula is C31H43N3O12. The van der Waals surface area contributed by atoms with E-state index in [9.17, 15) is 44.4 Å². The number of esters is 1. The van der Waals surface area contributed by atoms with Crippen molar-refractivity contribution in [3.05, 3.63) is 35.9 Å². The van der Waals surface area contributed by atoms with Crippen LogP contribution in [-0.2, 0) is 40.1 Å². The number of imide groups is 1. The Bertz CT molecular complexity index is 1270. The molecular weight excluding hydrogens is 606 g/mol. The molecule has 254 valence electrons. The molecule has 4 amide bonds. The summed E-state index contributed by atoms with van der Waals surface area (Å²) >= 11 is 0. The van der Waals surface area contributed by atoms with Gasteiger partial charge in [-0.05, 0) is 51.3 Å². The van der Waals surface area contributed by atoms with Crippen LogP contribution in [0.3, 0.4) is 0 Å². The molecule has 0 aromatic heterocycles. The van der Waals surface area contributed by atoms with Gasteiger partial charge in [0.25, 0.3) is 11.8 Å². The Balaban J connectivity index is 1.55. The molecule has 0 bridgehead atoms. The number of unbranched alkanes of at least 4 members (excludes halogenated alkanes) is 2. The van der Waals surface area contributed by atoms with Gasteiger partial charge in [-0.3, -0.25) is 28.9 Å². The van der Waals surface area contributed by atoms with E-state index in [-0.39, 0.29) is 61.7 Å². The van der Waals surface area contributed by atoms with E-state index in [4.69, 9.17) is 14.2 Å². The number of nitrogens with zero attached hydrogens (tertiary/aromatic N) is 1. The predicted octanol–water partition coefficient (Wildman–Crippen LogP) is -0.115. The van der Waals surface area contributed by atoms with Crippen LogP contribution in [0.5, 0.6) is 5.75 Å². The summed E-state index contributed by atoms with van der Waals surface area (Å²) in [6.45, 7) is 4.66. The first-order valence-corrected chi connectivity index (χ1v) is 15.1. The molecule has 1 aromatic rings. The van der Waals surface area contributed by atoms with Crippen molar-refractivity contribution in [3.8, 4) is 5.75 Å². The summed E-state index contributed by atoms with van der Waals surface area (Å²) in [4.78, 5) is 61.6. The predicted molar refractivity (Wildman–Crippen MR) is 161 cm³/mol. The molecule has 2 heterocycles. The van der Waals surface area contributed by atoms with Crippen molar-refractivity contribution in [2.75, 3.05) is 25.0 Å². The minimum absolute atomic E-state index is 0.0146. The number of hydrogen-bond donors (Lipinski definition) is 6. The lowest BCUT2D eigenvalue weighted by Gasteiger charge is -2.39. The number of aliphatic hydroxyl groups is 4. The Labute approximate surface area is 266 Å². The molecule has 0 aliphatic carbocycles. The van der Waals surface area contributed by atoms with Gasteiger partial charge < -0.3 is 45.3 Å². The smallest absolute Gasteiger partial charge is 0.311 e. The SMILES string of the molecule is CC(C)(C)C(=O)OCc1ccc(O[C@@H]2O[C@H](CO)[C@H](O)[C@H](O)[C@@H]2O)c(NC(=O)CCNC(=O)CCCCCN2C(=O)C=CC2=O)c1. The molecule has 46 heavy (non-hydrogen) atoms. The number of aliphatic hydroxyl groups excluding tert-OH is 4. The number of carbonyl (C=O) groups is 5. The molecule has 1 saturated heterocycles. The van der Waals surface area contributed by atoms with Gasteiger partial charge in [0.2, 0.25) is 18.1 Å². The zero-order chi connectivity index (χ0) is 34.0. The Morgan fingerprint density at radius 3 is 2.28 bits per heavy atom. The topological polar surface area (TPSA) is 221 Å². The standard InChI is InChI=1S/C31H43N3O12/c1-31(2,3)30(43)44-17-18-8-9-20(45-29-28(42)27(41)26(40)21(16-35)46-29)19(15-18)33-23(37)12-13-32-22(36)7-5-4-6-14-34-24(38)10-11-25(34)39/h8-11,15,21,26-29,35,40-42H,4-7,12-14,16-17H2,1-3H3,(H,32,36)(H,33,37)/t21-,26+,27+,28+,29-/m1/s1. The Morgan fingerprint density at radius 1 is 0.935 bits per heavy atom. The van der Waals surface area contributed by atoms with Crippen molar-refractivity contribution in [2.45, 2.75) is 90.2 Å². The van der Waals surface area contributed by atoms with E-state index >= 15 is 0 Å². The maximum atomic E-state index is 12.8. The summed E-state index contributed by atoms with van der Waals surface area (Å²) in [6, 6.07) is 4.49. The van der Waals surface area contributed by atoms with Crippen LogP contribution in [0.25, 0.3) is 0 Å². The van der Waals surface area contributed by atoms with Gasteiger partial charge in [0, 0.05) is 38.1 Å². The first-order chi connectivity index (χ1) is 21.7. The minimum atomic E-state index is -1.69. The Kier molecular flexibility index (Phi) is 13.2. The summed E-state index contributed by atoms with van der Waals surface area (Å²) in [5.41, 5.74) is -0.125. The zero-order valence-electron chi connectivity index (χ0n) is 26.1. The van der Waals surface area contributed by atoms with Crippen molar-refractivity contribution >= 4 is 35.3 Å². The van der Waals surface area contributed by atoms with Gasteiger partial charge in [-0.25, -0.2) is 0 Å². The van der Waals surface area contributed by atoms with Crippen LogP contribution >= 0.6 is 0 Å². The highest BCUT2D eigenvalue weighted by molar-refractivity contribution is 6.12. The molecule has 0 radical (unpaired) electrons. The third kappa shape index (κ3) is 10.3. The monoisotopic (exact) mass is 649 g/mol. The van der Waals surface area contributed by atoms with Crippen LogP contribution in [0.2, 0.25) is 0 Å². The summed E-state index contributed by atoms with van der Waals surface area (Å²) in [5.74, 6) is -1.88. The fourth-order valence-electron chi connectivity index (χ4n) is 4.52. The van der Waals surface area contributed by atoms with Crippen LogP contribution in [0.15, 0.2) is 30.4 Å². The fraction of sp³-hybridized carbons (Fsp3) is 0.581. The second-order valence-electron chi connectivity index (χ2n) is 12.1. The third-order valence-electron chi connectivity index (χ3n) is 7.25. The van der Waals surface area contributed by atoms with Gasteiger partial charge in [0.15, 0.2) is 0 Å². The second kappa shape index (κ2) is 16.6. The number of amides is 4. The average Bonchev–Trinajstić information content (AvgIpc) is 3.32. The van der Waals surface area contributed by atoms with E-state index in [0.29, 0.717) is 24.8 Å². The van der Waals surface area contributed by atoms with E-state index in [2.05, 4.69) is 10.6 Å². The van der Waals surface area contributed by atoms with Crippen LogP contribution in [0.1, 0.15) is 58.4 Å². The normalized spacial score (nSPS) is 22.9. The first kappa shape index (κ1) is 36.6. The average molecular weight is 650 g/mol. The molecule has 6 N–H and O–H groups in total. The van der Waals surface area contributed by atoms with Crippen molar-refractivity contribution in [3.63, 3.8) is 0 Å². The highest BCUT2D eigenvalue weighted by Crippen LogP contribution is 2.31. The molecule has 2 aliphatic rings. The van der Waals surface area contributed by atoms with Crippen molar-refractivity contribution in [1.29, 1.82) is 0 Å².